The Morgan fingerprint density at radius 1 is 1.33 bits per heavy atom. The molecule has 0 unspecified atom stereocenters. The molecule has 0 radical (unpaired) electrons. The quantitative estimate of drug-likeness (QED) is 0.790. The number of halogens is 4. The number of hydrogen-bond acceptors (Lipinski definition) is 4. The average molecular weight is 404 g/mol. The number of H-pyrrole nitrogens is 1. The van der Waals surface area contributed by atoms with Crippen molar-refractivity contribution in [2.45, 2.75) is 26.4 Å². The summed E-state index contributed by atoms with van der Waals surface area (Å²) in [4.78, 5) is 18.9. The van der Waals surface area contributed by atoms with Gasteiger partial charge in [0.15, 0.2) is 0 Å². The van der Waals surface area contributed by atoms with E-state index in [0.717, 1.165) is 12.3 Å². The molecule has 3 rings (SSSR count). The van der Waals surface area contributed by atoms with Crippen LogP contribution in [0.4, 0.5) is 19.0 Å². The highest BCUT2D eigenvalue weighted by Gasteiger charge is 2.35. The van der Waals surface area contributed by atoms with Gasteiger partial charge in [0.1, 0.15) is 35.6 Å². The van der Waals surface area contributed by atoms with Crippen LogP contribution in [0.3, 0.4) is 0 Å². The minimum absolute atomic E-state index is 0.00671. The van der Waals surface area contributed by atoms with E-state index >= 15 is 0 Å². The lowest BCUT2D eigenvalue weighted by atomic mass is 10.1. The average Bonchev–Trinajstić information content (AvgIpc) is 3.01. The number of pyridine rings is 1. The highest BCUT2D eigenvalue weighted by atomic mass is 35.5. The van der Waals surface area contributed by atoms with Crippen molar-refractivity contribution >= 4 is 23.3 Å². The molecule has 27 heavy (non-hydrogen) atoms. The van der Waals surface area contributed by atoms with E-state index in [1.807, 2.05) is 11.8 Å². The van der Waals surface area contributed by atoms with Gasteiger partial charge in [0.05, 0.1) is 24.3 Å². The number of aromatic amines is 1. The van der Waals surface area contributed by atoms with Gasteiger partial charge in [0, 0.05) is 0 Å². The maximum absolute atomic E-state index is 12.8. The summed E-state index contributed by atoms with van der Waals surface area (Å²) in [6.07, 6.45) is -2.97. The smallest absolute Gasteiger partial charge is 0.361 e. The summed E-state index contributed by atoms with van der Waals surface area (Å²) in [5.74, 6) is 0.748. The Morgan fingerprint density at radius 3 is 2.56 bits per heavy atom. The molecular weight excluding hydrogens is 385 g/mol. The molecule has 1 fully saturated rings. The second-order valence-electron chi connectivity index (χ2n) is 6.28. The Morgan fingerprint density at radius 2 is 2.00 bits per heavy atom. The second kappa shape index (κ2) is 7.38. The minimum atomic E-state index is -4.46. The summed E-state index contributed by atoms with van der Waals surface area (Å²) in [6.45, 7) is 5.31. The van der Waals surface area contributed by atoms with Crippen molar-refractivity contribution in [2.24, 2.45) is 0 Å². The monoisotopic (exact) mass is 403 g/mol. The van der Waals surface area contributed by atoms with Crippen molar-refractivity contribution in [1.82, 2.24) is 10.1 Å². The molecule has 0 bridgehead atoms. The molecule has 10 heteroatoms. The molecule has 1 amide bonds. The van der Waals surface area contributed by atoms with Crippen LogP contribution in [0.2, 0.25) is 5.02 Å². The zero-order chi connectivity index (χ0) is 19.8. The number of aromatic nitrogens is 2. The van der Waals surface area contributed by atoms with E-state index in [1.54, 1.807) is 11.8 Å². The summed E-state index contributed by atoms with van der Waals surface area (Å²) in [5, 5.41) is 3.90. The van der Waals surface area contributed by atoms with Gasteiger partial charge in [-0.1, -0.05) is 23.7 Å². The summed E-state index contributed by atoms with van der Waals surface area (Å²) in [7, 11) is 0. The summed E-state index contributed by atoms with van der Waals surface area (Å²) < 4.78 is 43.4. The van der Waals surface area contributed by atoms with Gasteiger partial charge < -0.3 is 9.42 Å². The van der Waals surface area contributed by atoms with E-state index in [1.165, 1.54) is 0 Å². The van der Waals surface area contributed by atoms with Gasteiger partial charge in [0.2, 0.25) is 0 Å². The molecule has 0 saturated carbocycles. The Balaban J connectivity index is 1.70. The van der Waals surface area contributed by atoms with Crippen molar-refractivity contribution in [1.29, 1.82) is 0 Å². The van der Waals surface area contributed by atoms with Gasteiger partial charge in [-0.25, -0.2) is 4.98 Å². The molecule has 6 nitrogen and oxygen atoms in total. The SMILES string of the molecule is CCc1noc(C)c1C(=O)N1CCN(c2[nH+]cc(C(F)(F)F)cc2Cl)CC1. The Labute approximate surface area is 158 Å². The van der Waals surface area contributed by atoms with Crippen LogP contribution in [0.1, 0.15) is 34.3 Å². The van der Waals surface area contributed by atoms with Crippen LogP contribution in [-0.4, -0.2) is 42.1 Å². The first-order chi connectivity index (χ1) is 12.7. The van der Waals surface area contributed by atoms with Crippen LogP contribution < -0.4 is 9.88 Å². The largest absolute Gasteiger partial charge is 0.419 e. The number of aryl methyl sites for hydroxylation is 2. The molecule has 0 aliphatic carbocycles. The molecule has 2 aromatic heterocycles. The van der Waals surface area contributed by atoms with Crippen molar-refractivity contribution in [3.63, 3.8) is 0 Å². The van der Waals surface area contributed by atoms with Crippen LogP contribution in [0.15, 0.2) is 16.8 Å². The van der Waals surface area contributed by atoms with Crippen LogP contribution in [0.25, 0.3) is 0 Å². The third-order valence-corrected chi connectivity index (χ3v) is 4.85. The molecule has 0 aromatic carbocycles. The molecule has 0 atom stereocenters. The predicted molar refractivity (Wildman–Crippen MR) is 91.7 cm³/mol. The second-order valence-corrected chi connectivity index (χ2v) is 6.68. The Kier molecular flexibility index (Phi) is 5.32. The number of amides is 1. The first-order valence-electron chi connectivity index (χ1n) is 8.50. The van der Waals surface area contributed by atoms with Gasteiger partial charge >= 0.3 is 6.18 Å². The standard InChI is InChI=1S/C17H18ClF3N4O2/c1-3-13-14(10(2)27-23-13)16(26)25-6-4-24(5-7-25)15-12(18)8-11(9-22-15)17(19,20)21/h8-9H,3-7H2,1-2H3/p+1. The van der Waals surface area contributed by atoms with E-state index in [-0.39, 0.29) is 10.9 Å². The van der Waals surface area contributed by atoms with Crippen molar-refractivity contribution < 1.29 is 27.5 Å². The number of anilines is 1. The van der Waals surface area contributed by atoms with E-state index in [9.17, 15) is 18.0 Å². The third kappa shape index (κ3) is 3.87. The fourth-order valence-electron chi connectivity index (χ4n) is 3.09. The van der Waals surface area contributed by atoms with Crippen LogP contribution in [0, 0.1) is 6.92 Å². The van der Waals surface area contributed by atoms with E-state index in [0.29, 0.717) is 55.4 Å². The van der Waals surface area contributed by atoms with Crippen LogP contribution in [-0.2, 0) is 12.6 Å². The highest BCUT2D eigenvalue weighted by molar-refractivity contribution is 6.32. The number of alkyl halides is 3. The first kappa shape index (κ1) is 19.5. The van der Waals surface area contributed by atoms with Gasteiger partial charge in [0.25, 0.3) is 11.7 Å². The van der Waals surface area contributed by atoms with Gasteiger partial charge in [-0.3, -0.25) is 9.69 Å². The number of nitrogens with zero attached hydrogens (tertiary/aromatic N) is 3. The third-order valence-electron chi connectivity index (χ3n) is 4.57. The molecule has 2 aromatic rings. The number of rotatable bonds is 3. The van der Waals surface area contributed by atoms with Gasteiger partial charge in [-0.2, -0.15) is 13.2 Å². The van der Waals surface area contributed by atoms with Crippen LogP contribution >= 0.6 is 11.6 Å². The molecule has 1 aliphatic heterocycles. The van der Waals surface area contributed by atoms with Crippen molar-refractivity contribution in [2.75, 3.05) is 31.1 Å². The first-order valence-corrected chi connectivity index (χ1v) is 8.88. The fraction of sp³-hybridized carbons (Fsp3) is 0.471. The lowest BCUT2D eigenvalue weighted by molar-refractivity contribution is -0.367. The predicted octanol–water partition coefficient (Wildman–Crippen LogP) is 2.99. The lowest BCUT2D eigenvalue weighted by Gasteiger charge is -2.31. The van der Waals surface area contributed by atoms with E-state index in [2.05, 4.69) is 10.1 Å². The molecule has 1 N–H and O–H groups in total. The van der Waals surface area contributed by atoms with Gasteiger partial charge in [-0.15, -0.1) is 0 Å². The summed E-state index contributed by atoms with van der Waals surface area (Å²) in [6, 6.07) is 0.902. The summed E-state index contributed by atoms with van der Waals surface area (Å²) >= 11 is 6.04. The maximum Gasteiger partial charge on any atom is 0.419 e. The van der Waals surface area contributed by atoms with Crippen molar-refractivity contribution in [3.05, 3.63) is 39.9 Å². The number of piperazine rings is 1. The van der Waals surface area contributed by atoms with E-state index < -0.39 is 11.7 Å². The Hall–Kier alpha value is -2.29. The fourth-order valence-corrected chi connectivity index (χ4v) is 3.38. The maximum atomic E-state index is 12.8. The zero-order valence-corrected chi connectivity index (χ0v) is 15.6. The molecular formula is C17H19ClF3N4O2+. The van der Waals surface area contributed by atoms with E-state index in [4.69, 9.17) is 16.1 Å². The number of carbonyl (C=O) groups is 1. The normalized spacial score (nSPS) is 15.3. The molecule has 1 saturated heterocycles. The zero-order valence-electron chi connectivity index (χ0n) is 14.9. The molecule has 3 heterocycles. The topological polar surface area (TPSA) is 63.7 Å². The van der Waals surface area contributed by atoms with Crippen LogP contribution in [0.5, 0.6) is 0 Å². The van der Waals surface area contributed by atoms with Gasteiger partial charge in [-0.05, 0) is 19.4 Å². The highest BCUT2D eigenvalue weighted by Crippen LogP contribution is 2.32. The molecule has 146 valence electrons. The molecule has 0 spiro atoms. The number of hydrogen-bond donors (Lipinski definition) is 0. The molecule has 1 aliphatic rings. The number of carbonyl (C=O) groups excluding carboxylic acids is 1. The Bertz CT molecular complexity index is 845. The summed E-state index contributed by atoms with van der Waals surface area (Å²) in [5.41, 5.74) is 0.282. The lowest BCUT2D eigenvalue weighted by Crippen LogP contribution is -2.50. The number of nitrogens with one attached hydrogen (secondary N) is 1. The van der Waals surface area contributed by atoms with Crippen molar-refractivity contribution in [3.8, 4) is 0 Å². The minimum Gasteiger partial charge on any atom is -0.361 e.